The fraction of sp³-hybridized carbons (Fsp3) is 0.471. The molecule has 106 valence electrons. The van der Waals surface area contributed by atoms with Gasteiger partial charge in [-0.15, -0.1) is 11.6 Å². The number of anilines is 1. The molecule has 1 fully saturated rings. The van der Waals surface area contributed by atoms with Crippen LogP contribution in [0.2, 0.25) is 0 Å². The maximum absolute atomic E-state index is 6.01. The molecule has 0 atom stereocenters. The Bertz CT molecular complexity index is 593. The minimum atomic E-state index is 0.471. The van der Waals surface area contributed by atoms with Gasteiger partial charge in [0.15, 0.2) is 0 Å². The Morgan fingerprint density at radius 1 is 1.30 bits per heavy atom. The fourth-order valence-corrected chi connectivity index (χ4v) is 3.06. The molecule has 0 aliphatic heterocycles. The molecular formula is C17H21ClN2. The van der Waals surface area contributed by atoms with Crippen molar-refractivity contribution in [3.8, 4) is 0 Å². The Hall–Kier alpha value is -1.28. The molecule has 0 radical (unpaired) electrons. The highest BCUT2D eigenvalue weighted by atomic mass is 35.5. The molecule has 0 amide bonds. The Labute approximate surface area is 125 Å². The third kappa shape index (κ3) is 2.62. The van der Waals surface area contributed by atoms with Crippen molar-refractivity contribution in [1.82, 2.24) is 4.98 Å². The summed E-state index contributed by atoms with van der Waals surface area (Å²) < 4.78 is 0. The van der Waals surface area contributed by atoms with Crippen LogP contribution in [0, 0.1) is 5.92 Å². The molecule has 3 heteroatoms. The largest absolute Gasteiger partial charge is 0.371 e. The first kappa shape index (κ1) is 13.7. The lowest BCUT2D eigenvalue weighted by atomic mass is 9.85. The molecule has 0 unspecified atom stereocenters. The first-order valence-corrected chi connectivity index (χ1v) is 8.05. The molecule has 0 N–H and O–H groups in total. The van der Waals surface area contributed by atoms with E-state index in [1.807, 2.05) is 6.07 Å². The van der Waals surface area contributed by atoms with Gasteiger partial charge in [-0.25, -0.2) is 0 Å². The Morgan fingerprint density at radius 3 is 2.75 bits per heavy atom. The summed E-state index contributed by atoms with van der Waals surface area (Å²) in [7, 11) is 0. The first-order chi connectivity index (χ1) is 9.81. The molecular weight excluding hydrogens is 268 g/mol. The second kappa shape index (κ2) is 6.01. The molecule has 0 spiro atoms. The molecule has 0 bridgehead atoms. The molecule has 1 aromatic carbocycles. The number of alkyl halides is 1. The first-order valence-electron chi connectivity index (χ1n) is 7.51. The van der Waals surface area contributed by atoms with Gasteiger partial charge in [-0.2, -0.15) is 0 Å². The number of nitrogens with zero attached hydrogens (tertiary/aromatic N) is 2. The van der Waals surface area contributed by atoms with Gasteiger partial charge in [0.05, 0.1) is 17.1 Å². The van der Waals surface area contributed by atoms with Gasteiger partial charge in [-0.3, -0.25) is 4.98 Å². The monoisotopic (exact) mass is 288 g/mol. The van der Waals surface area contributed by atoms with Crippen molar-refractivity contribution in [2.24, 2.45) is 5.92 Å². The average Bonchev–Trinajstić information content (AvgIpc) is 2.45. The number of hydrogen-bond acceptors (Lipinski definition) is 2. The number of benzene rings is 1. The lowest BCUT2D eigenvalue weighted by Crippen LogP contribution is -2.32. The van der Waals surface area contributed by atoms with Crippen LogP contribution >= 0.6 is 11.6 Å². The van der Waals surface area contributed by atoms with Crippen molar-refractivity contribution in [3.05, 3.63) is 36.0 Å². The third-order valence-electron chi connectivity index (χ3n) is 4.31. The molecule has 3 rings (SSSR count). The van der Waals surface area contributed by atoms with Crippen LogP contribution in [0.25, 0.3) is 10.9 Å². The van der Waals surface area contributed by atoms with E-state index in [-0.39, 0.29) is 0 Å². The van der Waals surface area contributed by atoms with E-state index >= 15 is 0 Å². The van der Waals surface area contributed by atoms with Crippen LogP contribution in [0.15, 0.2) is 30.3 Å². The molecule has 1 heterocycles. The lowest BCUT2D eigenvalue weighted by Gasteiger charge is -2.33. The van der Waals surface area contributed by atoms with E-state index in [2.05, 4.69) is 41.1 Å². The summed E-state index contributed by atoms with van der Waals surface area (Å²) in [6.07, 6.45) is 4.15. The smallest absolute Gasteiger partial charge is 0.0726 e. The fourth-order valence-electron chi connectivity index (χ4n) is 2.93. The van der Waals surface area contributed by atoms with Crippen LogP contribution in [0.3, 0.4) is 0 Å². The number of hydrogen-bond donors (Lipinski definition) is 0. The van der Waals surface area contributed by atoms with Crippen LogP contribution in [0.1, 0.15) is 31.9 Å². The van der Waals surface area contributed by atoms with Crippen LogP contribution in [0.5, 0.6) is 0 Å². The van der Waals surface area contributed by atoms with Gasteiger partial charge in [0.2, 0.25) is 0 Å². The summed E-state index contributed by atoms with van der Waals surface area (Å²) in [4.78, 5) is 7.12. The SMILES string of the molecule is CCN(CC1CCC1)c1cc(CCl)nc2ccccc12. The van der Waals surface area contributed by atoms with Gasteiger partial charge in [-0.1, -0.05) is 24.6 Å². The molecule has 0 saturated heterocycles. The topological polar surface area (TPSA) is 16.1 Å². The van der Waals surface area contributed by atoms with Crippen molar-refractivity contribution in [2.75, 3.05) is 18.0 Å². The maximum atomic E-state index is 6.01. The molecule has 2 nitrogen and oxygen atoms in total. The van der Waals surface area contributed by atoms with Gasteiger partial charge in [0.1, 0.15) is 0 Å². The van der Waals surface area contributed by atoms with E-state index in [9.17, 15) is 0 Å². The van der Waals surface area contributed by atoms with Gasteiger partial charge in [0.25, 0.3) is 0 Å². The second-order valence-corrected chi connectivity index (χ2v) is 5.89. The summed E-state index contributed by atoms with van der Waals surface area (Å²) in [6, 6.07) is 10.5. The minimum Gasteiger partial charge on any atom is -0.371 e. The summed E-state index contributed by atoms with van der Waals surface area (Å²) in [5.41, 5.74) is 3.31. The van der Waals surface area contributed by atoms with E-state index in [1.165, 1.54) is 30.3 Å². The number of pyridine rings is 1. The van der Waals surface area contributed by atoms with Crippen molar-refractivity contribution >= 4 is 28.2 Å². The predicted octanol–water partition coefficient (Wildman–Crippen LogP) is 4.60. The van der Waals surface area contributed by atoms with Gasteiger partial charge < -0.3 is 4.90 Å². The van der Waals surface area contributed by atoms with E-state index in [1.54, 1.807) is 0 Å². The highest BCUT2D eigenvalue weighted by Crippen LogP contribution is 2.32. The van der Waals surface area contributed by atoms with Gasteiger partial charge in [0, 0.05) is 24.2 Å². The van der Waals surface area contributed by atoms with Crippen LogP contribution in [0.4, 0.5) is 5.69 Å². The minimum absolute atomic E-state index is 0.471. The van der Waals surface area contributed by atoms with E-state index in [0.29, 0.717) is 5.88 Å². The van der Waals surface area contributed by atoms with Crippen molar-refractivity contribution in [1.29, 1.82) is 0 Å². The van der Waals surface area contributed by atoms with Gasteiger partial charge in [-0.05, 0) is 37.8 Å². The standard InChI is InChI=1S/C17H21ClN2/c1-2-20(12-13-6-5-7-13)17-10-14(11-18)19-16-9-4-3-8-15(16)17/h3-4,8-10,13H,2,5-7,11-12H2,1H3. The van der Waals surface area contributed by atoms with Crippen molar-refractivity contribution in [3.63, 3.8) is 0 Å². The Kier molecular flexibility index (Phi) is 4.11. The Morgan fingerprint density at radius 2 is 2.10 bits per heavy atom. The number of rotatable bonds is 5. The zero-order chi connectivity index (χ0) is 13.9. The number of para-hydroxylation sites is 1. The van der Waals surface area contributed by atoms with Crippen molar-refractivity contribution in [2.45, 2.75) is 32.1 Å². The lowest BCUT2D eigenvalue weighted by molar-refractivity contribution is 0.318. The van der Waals surface area contributed by atoms with Crippen LogP contribution in [-0.4, -0.2) is 18.1 Å². The summed E-state index contributed by atoms with van der Waals surface area (Å²) in [5.74, 6) is 1.33. The molecule has 1 aliphatic carbocycles. The molecule has 1 aliphatic rings. The number of aromatic nitrogens is 1. The predicted molar refractivity (Wildman–Crippen MR) is 86.5 cm³/mol. The molecule has 1 saturated carbocycles. The summed E-state index contributed by atoms with van der Waals surface area (Å²) >= 11 is 6.01. The molecule has 2 aromatic rings. The van der Waals surface area contributed by atoms with Crippen LogP contribution < -0.4 is 4.90 Å². The molecule has 1 aromatic heterocycles. The second-order valence-electron chi connectivity index (χ2n) is 5.62. The maximum Gasteiger partial charge on any atom is 0.0726 e. The average molecular weight is 289 g/mol. The number of halogens is 1. The zero-order valence-electron chi connectivity index (χ0n) is 12.0. The highest BCUT2D eigenvalue weighted by Gasteiger charge is 2.21. The summed E-state index contributed by atoms with van der Waals surface area (Å²) in [6.45, 7) is 4.42. The van der Waals surface area contributed by atoms with Gasteiger partial charge >= 0.3 is 0 Å². The highest BCUT2D eigenvalue weighted by molar-refractivity contribution is 6.17. The van der Waals surface area contributed by atoms with E-state index in [4.69, 9.17) is 11.6 Å². The van der Waals surface area contributed by atoms with Crippen LogP contribution in [-0.2, 0) is 5.88 Å². The summed E-state index contributed by atoms with van der Waals surface area (Å²) in [5, 5.41) is 1.24. The number of fused-ring (bicyclic) bond motifs is 1. The normalized spacial score (nSPS) is 15.3. The third-order valence-corrected chi connectivity index (χ3v) is 4.58. The molecule has 20 heavy (non-hydrogen) atoms. The van der Waals surface area contributed by atoms with E-state index < -0.39 is 0 Å². The Balaban J connectivity index is 2.02. The quantitative estimate of drug-likeness (QED) is 0.748. The van der Waals surface area contributed by atoms with E-state index in [0.717, 1.165) is 30.2 Å². The van der Waals surface area contributed by atoms with Crippen molar-refractivity contribution < 1.29 is 0 Å². The zero-order valence-corrected chi connectivity index (χ0v) is 12.7.